The molecule has 3 heteroatoms. The van der Waals surface area contributed by atoms with Crippen LogP contribution in [0.2, 0.25) is 0 Å². The number of hydrogen-bond acceptors (Lipinski definition) is 3. The smallest absolute Gasteiger partial charge is 0.163 e. The van der Waals surface area contributed by atoms with Crippen molar-refractivity contribution in [3.8, 4) is 5.75 Å². The summed E-state index contributed by atoms with van der Waals surface area (Å²) in [7, 11) is 0. The number of benzene rings is 1. The quantitative estimate of drug-likeness (QED) is 0.656. The van der Waals surface area contributed by atoms with Gasteiger partial charge in [-0.15, -0.1) is 0 Å². The second-order valence-electron chi connectivity index (χ2n) is 4.92. The third-order valence-corrected chi connectivity index (χ3v) is 3.85. The molecule has 1 aromatic rings. The highest BCUT2D eigenvalue weighted by Crippen LogP contribution is 2.21. The Morgan fingerprint density at radius 1 is 1.37 bits per heavy atom. The molecule has 1 rings (SSSR count). The van der Waals surface area contributed by atoms with Gasteiger partial charge in [0.25, 0.3) is 0 Å². The molecule has 0 aliphatic heterocycles. The molecule has 0 atom stereocenters. The molecule has 0 heterocycles. The largest absolute Gasteiger partial charge is 0.493 e. The van der Waals surface area contributed by atoms with Gasteiger partial charge in [-0.25, -0.2) is 0 Å². The molecule has 0 aromatic heterocycles. The predicted molar refractivity (Wildman–Crippen MR) is 83.5 cm³/mol. The lowest BCUT2D eigenvalue weighted by molar-refractivity contribution is 0.0989. The molecule has 0 spiro atoms. The van der Waals surface area contributed by atoms with E-state index in [9.17, 15) is 4.79 Å². The zero-order valence-electron chi connectivity index (χ0n) is 12.4. The van der Waals surface area contributed by atoms with Crippen molar-refractivity contribution >= 4 is 17.5 Å². The molecule has 0 aliphatic rings. The van der Waals surface area contributed by atoms with E-state index < -0.39 is 0 Å². The van der Waals surface area contributed by atoms with Crippen molar-refractivity contribution in [3.05, 3.63) is 29.3 Å². The van der Waals surface area contributed by atoms with Crippen molar-refractivity contribution in [2.45, 2.75) is 45.8 Å². The Labute approximate surface area is 120 Å². The van der Waals surface area contributed by atoms with E-state index in [-0.39, 0.29) is 5.78 Å². The highest BCUT2D eigenvalue weighted by molar-refractivity contribution is 7.99. The van der Waals surface area contributed by atoms with E-state index in [0.717, 1.165) is 35.7 Å². The van der Waals surface area contributed by atoms with Crippen LogP contribution in [0.25, 0.3) is 0 Å². The minimum Gasteiger partial charge on any atom is -0.493 e. The van der Waals surface area contributed by atoms with Crippen molar-refractivity contribution in [1.82, 2.24) is 0 Å². The number of Topliss-reactive ketones (excluding diaryl/α,β-unsaturated/α-hetero) is 1. The number of rotatable bonds is 8. The van der Waals surface area contributed by atoms with E-state index in [4.69, 9.17) is 4.74 Å². The Kier molecular flexibility index (Phi) is 7.00. The van der Waals surface area contributed by atoms with E-state index in [2.05, 4.69) is 20.8 Å². The van der Waals surface area contributed by atoms with Gasteiger partial charge in [-0.1, -0.05) is 20.8 Å². The van der Waals surface area contributed by atoms with E-state index in [0.29, 0.717) is 11.7 Å². The predicted octanol–water partition coefficient (Wildman–Crippen LogP) is 4.50. The van der Waals surface area contributed by atoms with Crippen LogP contribution in [0, 0.1) is 6.92 Å². The van der Waals surface area contributed by atoms with Gasteiger partial charge in [0.15, 0.2) is 5.78 Å². The van der Waals surface area contributed by atoms with Gasteiger partial charge in [-0.2, -0.15) is 11.8 Å². The Morgan fingerprint density at radius 2 is 2.11 bits per heavy atom. The monoisotopic (exact) mass is 280 g/mol. The van der Waals surface area contributed by atoms with Crippen molar-refractivity contribution < 1.29 is 9.53 Å². The van der Waals surface area contributed by atoms with Gasteiger partial charge in [-0.05, 0) is 42.4 Å². The summed E-state index contributed by atoms with van der Waals surface area (Å²) in [6.07, 6.45) is 1.60. The molecule has 0 saturated carbocycles. The van der Waals surface area contributed by atoms with Gasteiger partial charge in [0.05, 0.1) is 6.61 Å². The molecule has 0 unspecified atom stereocenters. The van der Waals surface area contributed by atoms with Crippen LogP contribution in [0.1, 0.15) is 49.5 Å². The second kappa shape index (κ2) is 8.26. The lowest BCUT2D eigenvalue weighted by Crippen LogP contribution is -2.04. The maximum atomic E-state index is 12.0. The van der Waals surface area contributed by atoms with Crippen LogP contribution >= 0.6 is 11.8 Å². The summed E-state index contributed by atoms with van der Waals surface area (Å²) in [5, 5.41) is 0.583. The molecule has 0 N–H and O–H groups in total. The molecule has 0 radical (unpaired) electrons. The molecular formula is C16H24O2S. The second-order valence-corrected chi connectivity index (χ2v) is 6.61. The third-order valence-electron chi connectivity index (χ3n) is 2.74. The summed E-state index contributed by atoms with van der Waals surface area (Å²) in [5.74, 6) is 2.00. The molecule has 2 nitrogen and oxygen atoms in total. The summed E-state index contributed by atoms with van der Waals surface area (Å²) >= 11 is 1.83. The number of carbonyl (C=O) groups is 1. The van der Waals surface area contributed by atoms with Crippen LogP contribution in [0.15, 0.2) is 18.2 Å². The molecule has 0 amide bonds. The van der Waals surface area contributed by atoms with Crippen LogP contribution in [0.3, 0.4) is 0 Å². The number of thioether (sulfide) groups is 1. The summed E-state index contributed by atoms with van der Waals surface area (Å²) in [4.78, 5) is 12.0. The molecule has 106 valence electrons. The highest BCUT2D eigenvalue weighted by atomic mass is 32.2. The Morgan fingerprint density at radius 3 is 2.68 bits per heavy atom. The van der Waals surface area contributed by atoms with Gasteiger partial charge in [0.1, 0.15) is 5.75 Å². The average Bonchev–Trinajstić information content (AvgIpc) is 2.36. The van der Waals surface area contributed by atoms with Crippen LogP contribution in [0.4, 0.5) is 0 Å². The zero-order chi connectivity index (χ0) is 14.3. The molecule has 0 bridgehead atoms. The number of ketones is 1. The number of ether oxygens (including phenoxy) is 1. The lowest BCUT2D eigenvalue weighted by atomic mass is 10.1. The van der Waals surface area contributed by atoms with Gasteiger partial charge < -0.3 is 4.74 Å². The molecule has 0 fully saturated rings. The molecule has 0 aliphatic carbocycles. The van der Waals surface area contributed by atoms with Gasteiger partial charge in [-0.3, -0.25) is 4.79 Å². The van der Waals surface area contributed by atoms with Crippen LogP contribution in [-0.4, -0.2) is 23.4 Å². The van der Waals surface area contributed by atoms with E-state index >= 15 is 0 Å². The SMILES string of the molecule is CCCOc1ccc(C(=O)CCSC(C)C)cc1C. The fraction of sp³-hybridized carbons (Fsp3) is 0.562. The average molecular weight is 280 g/mol. The van der Waals surface area contributed by atoms with Gasteiger partial charge >= 0.3 is 0 Å². The first kappa shape index (κ1) is 16.1. The van der Waals surface area contributed by atoms with Crippen molar-refractivity contribution in [2.75, 3.05) is 12.4 Å². The fourth-order valence-electron chi connectivity index (χ4n) is 1.73. The normalized spacial score (nSPS) is 10.8. The lowest BCUT2D eigenvalue weighted by Gasteiger charge is -2.10. The summed E-state index contributed by atoms with van der Waals surface area (Å²) < 4.78 is 5.62. The third kappa shape index (κ3) is 5.68. The van der Waals surface area contributed by atoms with Crippen LogP contribution < -0.4 is 4.74 Å². The summed E-state index contributed by atoms with van der Waals surface area (Å²) in [6.45, 7) is 9.10. The minimum atomic E-state index is 0.221. The number of hydrogen-bond donors (Lipinski definition) is 0. The highest BCUT2D eigenvalue weighted by Gasteiger charge is 2.09. The Bertz CT molecular complexity index is 413. The Balaban J connectivity index is 2.59. The van der Waals surface area contributed by atoms with Crippen molar-refractivity contribution in [3.63, 3.8) is 0 Å². The van der Waals surface area contributed by atoms with Crippen molar-refractivity contribution in [1.29, 1.82) is 0 Å². The maximum Gasteiger partial charge on any atom is 0.163 e. The molecule has 0 saturated heterocycles. The Hall–Kier alpha value is -0.960. The number of carbonyl (C=O) groups excluding carboxylic acids is 1. The first-order chi connectivity index (χ1) is 9.04. The number of aryl methyl sites for hydroxylation is 1. The van der Waals surface area contributed by atoms with Gasteiger partial charge in [0.2, 0.25) is 0 Å². The molecular weight excluding hydrogens is 256 g/mol. The first-order valence-electron chi connectivity index (χ1n) is 6.92. The maximum absolute atomic E-state index is 12.0. The van der Waals surface area contributed by atoms with Crippen LogP contribution in [0.5, 0.6) is 5.75 Å². The van der Waals surface area contributed by atoms with E-state index in [1.54, 1.807) is 0 Å². The molecule has 19 heavy (non-hydrogen) atoms. The topological polar surface area (TPSA) is 26.3 Å². The molecule has 1 aromatic carbocycles. The first-order valence-corrected chi connectivity index (χ1v) is 7.97. The standard InChI is InChI=1S/C16H24O2S/c1-5-9-18-16-7-6-14(11-13(16)4)15(17)8-10-19-12(2)3/h6-7,11-12H,5,8-10H2,1-4H3. The van der Waals surface area contributed by atoms with E-state index in [1.807, 2.05) is 36.9 Å². The van der Waals surface area contributed by atoms with Gasteiger partial charge in [0, 0.05) is 17.7 Å². The zero-order valence-corrected chi connectivity index (χ0v) is 13.2. The fourth-order valence-corrected chi connectivity index (χ4v) is 2.50. The summed E-state index contributed by atoms with van der Waals surface area (Å²) in [5.41, 5.74) is 1.83. The van der Waals surface area contributed by atoms with E-state index in [1.165, 1.54) is 0 Å². The minimum absolute atomic E-state index is 0.221. The van der Waals surface area contributed by atoms with Crippen LogP contribution in [-0.2, 0) is 0 Å². The van der Waals surface area contributed by atoms with Crippen molar-refractivity contribution in [2.24, 2.45) is 0 Å². The summed E-state index contributed by atoms with van der Waals surface area (Å²) in [6, 6.07) is 5.72.